The summed E-state index contributed by atoms with van der Waals surface area (Å²) in [5.41, 5.74) is 1.30. The monoisotopic (exact) mass is 1490 g/mol. The molecule has 3 amide bonds. The maximum atomic E-state index is 13.8. The quantitative estimate of drug-likeness (QED) is 0.0419. The molecule has 3 aliphatic heterocycles. The van der Waals surface area contributed by atoms with Gasteiger partial charge in [0.25, 0.3) is 17.7 Å². The third-order valence-electron chi connectivity index (χ3n) is 15.9. The zero-order chi connectivity index (χ0) is 72.7. The second-order valence-electron chi connectivity index (χ2n) is 24.6. The predicted molar refractivity (Wildman–Crippen MR) is 349 cm³/mol. The summed E-state index contributed by atoms with van der Waals surface area (Å²) in [5, 5.41) is 12.5. The van der Waals surface area contributed by atoms with Gasteiger partial charge in [0.1, 0.15) is 64.9 Å². The zero-order valence-electron chi connectivity index (χ0n) is 54.3. The third kappa shape index (κ3) is 19.5. The molecule has 3 aromatic heterocycles. The molecule has 9 rings (SSSR count). The van der Waals surface area contributed by atoms with Gasteiger partial charge in [-0.2, -0.15) is 26.3 Å². The number of aromatic nitrogens is 3. The Morgan fingerprint density at radius 3 is 1.22 bits per heavy atom. The van der Waals surface area contributed by atoms with Gasteiger partial charge in [-0.3, -0.25) is 14.4 Å². The number of aliphatic hydroxyl groups is 1. The van der Waals surface area contributed by atoms with Gasteiger partial charge in [0.2, 0.25) is 0 Å². The molecule has 3 unspecified atom stereocenters. The normalized spacial score (nSPS) is 21.5. The van der Waals surface area contributed by atoms with Crippen LogP contribution in [0, 0.1) is 14.3 Å². The van der Waals surface area contributed by atoms with E-state index >= 15 is 0 Å². The number of carbonyl (C=O) groups is 3. The fraction of sp³-hybridized carbons (Fsp3) is 0.429. The van der Waals surface area contributed by atoms with Crippen LogP contribution in [-0.2, 0) is 62.4 Å². The largest absolute Gasteiger partial charge is 0.494 e. The van der Waals surface area contributed by atoms with Gasteiger partial charge in [0.15, 0.2) is 0 Å². The van der Waals surface area contributed by atoms with Crippen molar-refractivity contribution in [2.45, 2.75) is 149 Å². The molecule has 3 saturated heterocycles. The molecule has 9 atom stereocenters. The van der Waals surface area contributed by atoms with E-state index in [1.165, 1.54) is 89.3 Å². The molecule has 0 bridgehead atoms. The molecule has 97 heavy (non-hydrogen) atoms. The van der Waals surface area contributed by atoms with E-state index in [9.17, 15) is 71.6 Å². The average molecular weight is 1490 g/mol. The van der Waals surface area contributed by atoms with Gasteiger partial charge in [-0.1, -0.05) is 84.9 Å². The molecular formula is C63H74BBrF9N9O11S3. The van der Waals surface area contributed by atoms with Crippen molar-refractivity contribution in [1.29, 1.82) is 14.3 Å². The number of aliphatic hydroxyl groups excluding tert-OH is 1. The molecule has 0 aliphatic carbocycles. The summed E-state index contributed by atoms with van der Waals surface area (Å²) in [7, 11) is -9.03. The molecule has 6 aromatic rings. The number of rotatable bonds is 17. The first-order chi connectivity index (χ1) is 44.9. The van der Waals surface area contributed by atoms with Crippen molar-refractivity contribution in [2.24, 2.45) is 0 Å². The number of hydrogen-bond acceptors (Lipinski definition) is 17. The first-order valence-corrected chi connectivity index (χ1v) is 36.0. The number of alkyl halides is 9. The highest BCUT2D eigenvalue weighted by atomic mass is 79.9. The van der Waals surface area contributed by atoms with Gasteiger partial charge >= 0.3 is 26.4 Å². The molecule has 0 saturated carbocycles. The van der Waals surface area contributed by atoms with Gasteiger partial charge in [0.05, 0.1) is 58.5 Å². The van der Waals surface area contributed by atoms with Crippen molar-refractivity contribution in [2.75, 3.05) is 38.8 Å². The Morgan fingerprint density at radius 2 is 0.907 bits per heavy atom. The number of hydrogen-bond donors (Lipinski definition) is 5. The minimum Gasteiger partial charge on any atom is -0.399 e. The van der Waals surface area contributed by atoms with Crippen LogP contribution in [0.4, 0.5) is 39.5 Å². The van der Waals surface area contributed by atoms with Crippen LogP contribution in [0.25, 0.3) is 22.3 Å². The minimum atomic E-state index is -3.30. The number of pyridine rings is 3. The molecule has 3 aromatic carbocycles. The Labute approximate surface area is 566 Å². The number of nitrogens with zero attached hydrogens (tertiary/aromatic N) is 5. The maximum Gasteiger partial charge on any atom is 0.494 e. The summed E-state index contributed by atoms with van der Waals surface area (Å²) < 4.78 is 198. The lowest BCUT2D eigenvalue weighted by atomic mass is 9.78. The van der Waals surface area contributed by atoms with Crippen LogP contribution in [0.5, 0.6) is 0 Å². The smallest absolute Gasteiger partial charge is 0.399 e. The molecule has 5 N–H and O–H groups in total. The van der Waals surface area contributed by atoms with Gasteiger partial charge < -0.3 is 39.0 Å². The molecule has 20 nitrogen and oxygen atoms in total. The Balaban J connectivity index is 0.000000213. The van der Waals surface area contributed by atoms with Gasteiger partial charge in [-0.15, -0.1) is 0 Å². The Bertz CT molecular complexity index is 4040. The Hall–Kier alpha value is -6.92. The zero-order valence-corrected chi connectivity index (χ0v) is 58.3. The highest BCUT2D eigenvalue weighted by Gasteiger charge is 2.55. The van der Waals surface area contributed by atoms with E-state index in [0.717, 1.165) is 30.9 Å². The van der Waals surface area contributed by atoms with E-state index in [4.69, 9.17) is 33.1 Å². The summed E-state index contributed by atoms with van der Waals surface area (Å²) in [4.78, 5) is 48.4. The molecular weight excluding hydrogens is 1420 g/mol. The number of amides is 3. The number of nitrogens with one attached hydrogen (secondary N) is 4. The first-order valence-electron chi connectivity index (χ1n) is 29.3. The maximum absolute atomic E-state index is 13.8. The van der Waals surface area contributed by atoms with Gasteiger partial charge in [-0.25, -0.2) is 55.1 Å². The van der Waals surface area contributed by atoms with Crippen molar-refractivity contribution in [3.63, 3.8) is 0 Å². The fourth-order valence-electron chi connectivity index (χ4n) is 10.3. The lowest BCUT2D eigenvalue weighted by molar-refractivity contribution is -0.160. The summed E-state index contributed by atoms with van der Waals surface area (Å²) in [6.07, 6.45) is -4.63. The average Bonchev–Trinajstić information content (AvgIpc) is 1.62. The second-order valence-corrected chi connectivity index (χ2v) is 31.8. The summed E-state index contributed by atoms with van der Waals surface area (Å²) in [6, 6.07) is 25.8. The Kier molecular flexibility index (Phi) is 25.7. The van der Waals surface area contributed by atoms with E-state index in [-0.39, 0.29) is 15.6 Å². The van der Waals surface area contributed by atoms with Crippen molar-refractivity contribution in [3.05, 3.63) is 149 Å². The standard InChI is InChI=1S/C20H27BF3NO4.C20H22F3N3O3S.C17H18F3N3O3S.C6H7BrN2OS/c1-18(2)19(3,4)29-21(28-18)13-9-7-12(8-10-13)15-14(11-22)25(17(26)16(23)24)20(5,6)27-15;1-20(2)26(19(27)18(22)23)15(10-21)17(29-20)13-6-4-12(5-7-13)14-8-9-16(25-11-14)30(3,24)28;1-27(21,26)14-7-6-12(9-22-14)10-2-4-11(5-3-10)15(24)13(8-18)23-17(25)16(19)20;1-11(8,10)6-3-2-5(7)4-9-6/h7-10,14-16H,11H2,1-6H3;4-9,11,15,17-18,24H,10H2,1-3H3;2-7,9,13,15-16,21,24H,8H2,1H3,(H,23,25);2-4,8H,1H3/t14-,15-;15-,17-,30?;13-,15-,27?;/m111./s1. The highest BCUT2D eigenvalue weighted by molar-refractivity contribution is 9.10. The van der Waals surface area contributed by atoms with E-state index < -0.39 is 152 Å². The predicted octanol–water partition coefficient (Wildman–Crippen LogP) is 11.7. The summed E-state index contributed by atoms with van der Waals surface area (Å²) in [6.45, 7) is 10.5. The van der Waals surface area contributed by atoms with E-state index in [1.54, 1.807) is 90.2 Å². The van der Waals surface area contributed by atoms with Crippen molar-refractivity contribution < 1.29 is 90.4 Å². The molecule has 3 aliphatic rings. The molecule has 3 fully saturated rings. The number of halogens is 10. The van der Waals surface area contributed by atoms with Crippen LogP contribution in [0.15, 0.2) is 147 Å². The molecule has 34 heteroatoms. The van der Waals surface area contributed by atoms with Crippen LogP contribution in [0.1, 0.15) is 90.4 Å². The number of benzene rings is 3. The van der Waals surface area contributed by atoms with E-state index in [0.29, 0.717) is 27.3 Å². The molecule has 0 spiro atoms. The van der Waals surface area contributed by atoms with Crippen molar-refractivity contribution >= 4 is 75.4 Å². The molecule has 528 valence electrons. The van der Waals surface area contributed by atoms with Crippen LogP contribution >= 0.6 is 15.9 Å². The minimum absolute atomic E-state index is 0.152. The summed E-state index contributed by atoms with van der Waals surface area (Å²) >= 11 is 3.20. The number of ether oxygens (including phenoxy) is 2. The van der Waals surface area contributed by atoms with Crippen LogP contribution in [0.3, 0.4) is 0 Å². The highest BCUT2D eigenvalue weighted by Crippen LogP contribution is 2.44. The second kappa shape index (κ2) is 31.5. The fourth-order valence-corrected chi connectivity index (χ4v) is 12.3. The Morgan fingerprint density at radius 1 is 0.557 bits per heavy atom. The third-order valence-corrected chi connectivity index (χ3v) is 19.5. The first kappa shape index (κ1) is 79.1. The lowest BCUT2D eigenvalue weighted by Gasteiger charge is -2.32. The van der Waals surface area contributed by atoms with Crippen molar-refractivity contribution in [3.8, 4) is 22.3 Å². The lowest BCUT2D eigenvalue weighted by Crippen LogP contribution is -2.51. The van der Waals surface area contributed by atoms with Crippen LogP contribution in [-0.4, -0.2) is 166 Å². The van der Waals surface area contributed by atoms with Crippen LogP contribution < -0.4 is 10.8 Å². The number of carbonyl (C=O) groups excluding carboxylic acids is 3. The molecule has 6 heterocycles. The topological polar surface area (TPSA) is 288 Å². The summed E-state index contributed by atoms with van der Waals surface area (Å²) in [5.74, 6) is -4.55. The van der Waals surface area contributed by atoms with Gasteiger partial charge in [-0.05, 0) is 129 Å². The van der Waals surface area contributed by atoms with Crippen molar-refractivity contribution in [1.82, 2.24) is 30.1 Å². The SMILES string of the molecule is CC1(C)O[C@H](c2ccc(-c3ccc(S(C)(=N)=O)nc3)cc2)[C@@H](CF)N1C(=O)C(F)F.CC1(C)O[C@H](c2ccc(B3OC(C)(C)C(C)(C)O3)cc2)[C@@H](CF)N1C(=O)C(F)F.CS(=N)(=O)c1ccc(-c2ccc([C@@H](O)[C@@H](CF)NC(=O)C(F)F)cc2)cn1.CS(=N)(=O)c1ccc(Br)cn1. The van der Waals surface area contributed by atoms with E-state index in [2.05, 4.69) is 30.9 Å². The van der Waals surface area contributed by atoms with E-state index in [1.807, 2.05) is 27.7 Å². The van der Waals surface area contributed by atoms with Gasteiger partial charge in [0, 0.05) is 53.0 Å². The van der Waals surface area contributed by atoms with Crippen LogP contribution in [0.2, 0.25) is 0 Å². The molecule has 0 radical (unpaired) electrons.